The number of piperidine rings is 1. The van der Waals surface area contributed by atoms with Gasteiger partial charge in [0.15, 0.2) is 0 Å². The highest BCUT2D eigenvalue weighted by molar-refractivity contribution is 5.96. The first-order valence-corrected chi connectivity index (χ1v) is 7.71. The Morgan fingerprint density at radius 2 is 1.95 bits per heavy atom. The van der Waals surface area contributed by atoms with Crippen LogP contribution in [0.3, 0.4) is 0 Å². The van der Waals surface area contributed by atoms with E-state index in [1.807, 2.05) is 18.7 Å². The van der Waals surface area contributed by atoms with Crippen molar-refractivity contribution < 1.29 is 4.79 Å². The van der Waals surface area contributed by atoms with Gasteiger partial charge in [0, 0.05) is 24.8 Å². The molecule has 5 nitrogen and oxygen atoms in total. The van der Waals surface area contributed by atoms with Crippen LogP contribution < -0.4 is 0 Å². The molecule has 5 heteroatoms. The van der Waals surface area contributed by atoms with E-state index in [1.165, 1.54) is 32.4 Å². The third-order valence-corrected chi connectivity index (χ3v) is 4.68. The van der Waals surface area contributed by atoms with Crippen molar-refractivity contribution in [3.8, 4) is 0 Å². The number of aromatic nitrogens is 2. The van der Waals surface area contributed by atoms with Crippen LogP contribution in [-0.4, -0.2) is 58.1 Å². The van der Waals surface area contributed by atoms with Gasteiger partial charge >= 0.3 is 0 Å². The average molecular weight is 276 g/mol. The van der Waals surface area contributed by atoms with Crippen molar-refractivity contribution in [1.82, 2.24) is 20.0 Å². The van der Waals surface area contributed by atoms with E-state index < -0.39 is 0 Å². The molecular formula is C15H24N4O. The van der Waals surface area contributed by atoms with Gasteiger partial charge in [0.1, 0.15) is 0 Å². The lowest BCUT2D eigenvalue weighted by Gasteiger charge is -2.37. The number of aryl methyl sites for hydroxylation is 2. The number of H-pyrrole nitrogens is 1. The Kier molecular flexibility index (Phi) is 3.78. The van der Waals surface area contributed by atoms with Crippen LogP contribution in [-0.2, 0) is 0 Å². The highest BCUT2D eigenvalue weighted by atomic mass is 16.2. The fraction of sp³-hybridized carbons (Fsp3) is 0.733. The third-order valence-electron chi connectivity index (χ3n) is 4.68. The highest BCUT2D eigenvalue weighted by Crippen LogP contribution is 2.22. The summed E-state index contributed by atoms with van der Waals surface area (Å²) >= 11 is 0. The number of amides is 1. The van der Waals surface area contributed by atoms with E-state index in [-0.39, 0.29) is 5.91 Å². The normalized spacial score (nSPS) is 24.3. The van der Waals surface area contributed by atoms with E-state index in [4.69, 9.17) is 0 Å². The first-order valence-electron chi connectivity index (χ1n) is 7.71. The second kappa shape index (κ2) is 5.56. The lowest BCUT2D eigenvalue weighted by molar-refractivity contribution is 0.0606. The van der Waals surface area contributed by atoms with Gasteiger partial charge in [-0.2, -0.15) is 5.10 Å². The van der Waals surface area contributed by atoms with Gasteiger partial charge in [0.2, 0.25) is 0 Å². The van der Waals surface area contributed by atoms with Gasteiger partial charge in [-0.25, -0.2) is 0 Å². The molecule has 0 saturated carbocycles. The molecule has 1 N–H and O–H groups in total. The van der Waals surface area contributed by atoms with Crippen molar-refractivity contribution in [2.75, 3.05) is 26.2 Å². The summed E-state index contributed by atoms with van der Waals surface area (Å²) in [5, 5.41) is 7.06. The van der Waals surface area contributed by atoms with E-state index >= 15 is 0 Å². The summed E-state index contributed by atoms with van der Waals surface area (Å²) in [5.74, 6) is 0.151. The number of carbonyl (C=O) groups is 1. The zero-order chi connectivity index (χ0) is 14.1. The summed E-state index contributed by atoms with van der Waals surface area (Å²) in [7, 11) is 0. The summed E-state index contributed by atoms with van der Waals surface area (Å²) in [6.45, 7) is 8.00. The first-order chi connectivity index (χ1) is 9.66. The van der Waals surface area contributed by atoms with E-state index in [0.717, 1.165) is 36.5 Å². The van der Waals surface area contributed by atoms with E-state index in [0.29, 0.717) is 6.04 Å². The van der Waals surface area contributed by atoms with Gasteiger partial charge in [0.05, 0.1) is 11.3 Å². The number of hydrogen-bond acceptors (Lipinski definition) is 3. The van der Waals surface area contributed by atoms with Gasteiger partial charge in [-0.1, -0.05) is 0 Å². The molecule has 1 atom stereocenters. The monoisotopic (exact) mass is 276 g/mol. The number of likely N-dealkylation sites (tertiary alicyclic amines) is 2. The quantitative estimate of drug-likeness (QED) is 0.895. The molecule has 20 heavy (non-hydrogen) atoms. The number of carbonyl (C=O) groups excluding carboxylic acids is 1. The van der Waals surface area contributed by atoms with Gasteiger partial charge in [-0.05, 0) is 52.6 Å². The third kappa shape index (κ3) is 2.46. The largest absolute Gasteiger partial charge is 0.337 e. The van der Waals surface area contributed by atoms with Crippen LogP contribution in [0.4, 0.5) is 0 Å². The van der Waals surface area contributed by atoms with E-state index in [2.05, 4.69) is 15.1 Å². The minimum absolute atomic E-state index is 0.151. The van der Waals surface area contributed by atoms with Crippen LogP contribution in [0.2, 0.25) is 0 Å². The molecule has 1 aromatic heterocycles. The molecule has 2 fully saturated rings. The molecule has 0 bridgehead atoms. The van der Waals surface area contributed by atoms with Crippen LogP contribution >= 0.6 is 0 Å². The Morgan fingerprint density at radius 3 is 2.60 bits per heavy atom. The van der Waals surface area contributed by atoms with Crippen molar-refractivity contribution in [2.45, 2.75) is 45.6 Å². The number of rotatable bonds is 2. The molecule has 3 rings (SSSR count). The molecule has 0 aliphatic carbocycles. The molecule has 2 aliphatic rings. The molecule has 110 valence electrons. The Bertz CT molecular complexity index is 471. The average Bonchev–Trinajstić information content (AvgIpc) is 3.09. The van der Waals surface area contributed by atoms with Crippen molar-refractivity contribution >= 4 is 5.91 Å². The minimum Gasteiger partial charge on any atom is -0.337 e. The molecule has 1 unspecified atom stereocenters. The minimum atomic E-state index is 0.151. The first kappa shape index (κ1) is 13.6. The second-order valence-electron chi connectivity index (χ2n) is 6.10. The Hall–Kier alpha value is -1.36. The predicted molar refractivity (Wildman–Crippen MR) is 77.8 cm³/mol. The van der Waals surface area contributed by atoms with Crippen molar-refractivity contribution in [3.63, 3.8) is 0 Å². The maximum atomic E-state index is 12.7. The van der Waals surface area contributed by atoms with E-state index in [1.54, 1.807) is 0 Å². The standard InChI is InChI=1S/C15H24N4O/c1-11-14(12(2)17-16-11)15(20)19-9-5-6-13(10-19)18-7-3-4-8-18/h13H,3-10H2,1-2H3,(H,16,17). The molecule has 3 heterocycles. The fourth-order valence-corrected chi connectivity index (χ4v) is 3.57. The van der Waals surface area contributed by atoms with Gasteiger partial charge in [-0.15, -0.1) is 0 Å². The second-order valence-corrected chi connectivity index (χ2v) is 6.10. The van der Waals surface area contributed by atoms with Crippen LogP contribution in [0.25, 0.3) is 0 Å². The maximum absolute atomic E-state index is 12.7. The number of aromatic amines is 1. The summed E-state index contributed by atoms with van der Waals surface area (Å²) < 4.78 is 0. The SMILES string of the molecule is Cc1n[nH]c(C)c1C(=O)N1CCCC(N2CCCC2)C1. The zero-order valence-electron chi connectivity index (χ0n) is 12.5. The highest BCUT2D eigenvalue weighted by Gasteiger charge is 2.31. The predicted octanol–water partition coefficient (Wildman–Crippen LogP) is 1.73. The maximum Gasteiger partial charge on any atom is 0.257 e. The molecule has 1 amide bonds. The Labute approximate surface area is 120 Å². The summed E-state index contributed by atoms with van der Waals surface area (Å²) in [4.78, 5) is 17.3. The number of hydrogen-bond donors (Lipinski definition) is 1. The van der Waals surface area contributed by atoms with Crippen LogP contribution in [0.1, 0.15) is 47.4 Å². The number of nitrogens with one attached hydrogen (secondary N) is 1. The Balaban J connectivity index is 1.71. The van der Waals surface area contributed by atoms with E-state index in [9.17, 15) is 4.79 Å². The Morgan fingerprint density at radius 1 is 1.20 bits per heavy atom. The van der Waals surface area contributed by atoms with Crippen LogP contribution in [0, 0.1) is 13.8 Å². The molecular weight excluding hydrogens is 252 g/mol. The summed E-state index contributed by atoms with van der Waals surface area (Å²) in [6.07, 6.45) is 4.96. The van der Waals surface area contributed by atoms with Gasteiger partial charge < -0.3 is 4.90 Å². The van der Waals surface area contributed by atoms with Crippen molar-refractivity contribution in [3.05, 3.63) is 17.0 Å². The molecule has 0 spiro atoms. The van der Waals surface area contributed by atoms with Crippen molar-refractivity contribution in [2.24, 2.45) is 0 Å². The lowest BCUT2D eigenvalue weighted by Crippen LogP contribution is -2.49. The lowest BCUT2D eigenvalue weighted by atomic mass is 10.0. The summed E-state index contributed by atoms with van der Waals surface area (Å²) in [5.41, 5.74) is 2.47. The zero-order valence-corrected chi connectivity index (χ0v) is 12.5. The molecule has 0 radical (unpaired) electrons. The van der Waals surface area contributed by atoms with Gasteiger partial charge in [0.25, 0.3) is 5.91 Å². The molecule has 2 saturated heterocycles. The topological polar surface area (TPSA) is 52.2 Å². The fourth-order valence-electron chi connectivity index (χ4n) is 3.57. The van der Waals surface area contributed by atoms with Crippen molar-refractivity contribution in [1.29, 1.82) is 0 Å². The molecule has 0 aromatic carbocycles. The smallest absolute Gasteiger partial charge is 0.257 e. The summed E-state index contributed by atoms with van der Waals surface area (Å²) in [6, 6.07) is 0.558. The molecule has 1 aromatic rings. The van der Waals surface area contributed by atoms with Crippen LogP contribution in [0.15, 0.2) is 0 Å². The van der Waals surface area contributed by atoms with Crippen LogP contribution in [0.5, 0.6) is 0 Å². The number of nitrogens with zero attached hydrogens (tertiary/aromatic N) is 3. The van der Waals surface area contributed by atoms with Gasteiger partial charge in [-0.3, -0.25) is 14.8 Å². The molecule has 2 aliphatic heterocycles.